The highest BCUT2D eigenvalue weighted by atomic mass is 19.1. The third kappa shape index (κ3) is 6.70. The zero-order valence-electron chi connectivity index (χ0n) is 26.8. The molecule has 1 saturated heterocycles. The number of aromatic nitrogens is 8. The van der Waals surface area contributed by atoms with Crippen molar-refractivity contribution in [3.8, 4) is 23.5 Å². The molecule has 7 rings (SSSR count). The zero-order chi connectivity index (χ0) is 36.2. The molecule has 0 saturated carbocycles. The number of nitrogens with zero attached hydrogens (tertiary/aromatic N) is 10. The smallest absolute Gasteiger partial charge is 0.231 e. The fourth-order valence-corrected chi connectivity index (χ4v) is 5.22. The van der Waals surface area contributed by atoms with Gasteiger partial charge in [-0.25, -0.2) is 18.1 Å². The van der Waals surface area contributed by atoms with E-state index in [0.29, 0.717) is 30.8 Å². The standard InChI is InChI=1S/C18H14FN5O3.C16H10FN5O2/c1-23-12(10-20)9-14(22-23)17(25)16-4-5-21-24(16)15-3-2-11(19)8-13(15)18-26-6-7-27-18;1-21-12(8-18)7-13(20-21)16(24)15-4-5-19-22(15)14-3-2-11(17)6-10(14)9-23/h2-5,8-9,18H,6-7H2,1H3;2-7,9H,1H3. The summed E-state index contributed by atoms with van der Waals surface area (Å²) in [5.74, 6) is -1.89. The second-order valence-corrected chi connectivity index (χ2v) is 10.8. The van der Waals surface area contributed by atoms with E-state index in [-0.39, 0.29) is 45.4 Å². The molecule has 1 aliphatic heterocycles. The highest BCUT2D eigenvalue weighted by Crippen LogP contribution is 2.30. The maximum atomic E-state index is 13.8. The summed E-state index contributed by atoms with van der Waals surface area (Å²) in [4.78, 5) is 36.7. The Labute approximate surface area is 287 Å². The molecule has 0 radical (unpaired) electrons. The van der Waals surface area contributed by atoms with Crippen molar-refractivity contribution in [3.63, 3.8) is 0 Å². The minimum absolute atomic E-state index is 0.0616. The lowest BCUT2D eigenvalue weighted by atomic mass is 10.1. The number of benzene rings is 2. The van der Waals surface area contributed by atoms with Crippen molar-refractivity contribution in [3.05, 3.63) is 130 Å². The van der Waals surface area contributed by atoms with E-state index in [1.807, 2.05) is 12.1 Å². The Morgan fingerprint density at radius 3 is 1.75 bits per heavy atom. The molecule has 1 aliphatic rings. The summed E-state index contributed by atoms with van der Waals surface area (Å²) in [5.41, 5.74) is 2.30. The molecule has 17 heteroatoms. The Morgan fingerprint density at radius 2 is 1.25 bits per heavy atom. The van der Waals surface area contributed by atoms with Gasteiger partial charge in [0.15, 0.2) is 12.6 Å². The number of aldehydes is 1. The molecule has 5 heterocycles. The molecular weight excluding hydrogens is 666 g/mol. The van der Waals surface area contributed by atoms with Crippen LogP contribution in [0, 0.1) is 34.3 Å². The van der Waals surface area contributed by atoms with Gasteiger partial charge in [-0.15, -0.1) is 0 Å². The first kappa shape index (κ1) is 33.9. The van der Waals surface area contributed by atoms with Crippen LogP contribution in [0.1, 0.15) is 66.0 Å². The number of ether oxygens (including phenoxy) is 2. The number of rotatable bonds is 8. The van der Waals surface area contributed by atoms with Crippen LogP contribution in [0.15, 0.2) is 73.1 Å². The van der Waals surface area contributed by atoms with Gasteiger partial charge in [0, 0.05) is 37.4 Å². The Kier molecular flexibility index (Phi) is 9.49. The number of hydrogen-bond donors (Lipinski definition) is 0. The van der Waals surface area contributed by atoms with Crippen LogP contribution in [-0.4, -0.2) is 70.2 Å². The van der Waals surface area contributed by atoms with Gasteiger partial charge in [0.25, 0.3) is 0 Å². The Morgan fingerprint density at radius 1 is 0.765 bits per heavy atom. The fraction of sp³-hybridized carbons (Fsp3) is 0.147. The molecule has 0 unspecified atom stereocenters. The molecule has 2 aromatic carbocycles. The first-order valence-electron chi connectivity index (χ1n) is 15.0. The van der Waals surface area contributed by atoms with Gasteiger partial charge in [-0.1, -0.05) is 0 Å². The summed E-state index contributed by atoms with van der Waals surface area (Å²) in [6.45, 7) is 0.798. The van der Waals surface area contributed by atoms with Gasteiger partial charge in [-0.05, 0) is 48.5 Å². The van der Waals surface area contributed by atoms with Crippen LogP contribution in [0.25, 0.3) is 11.4 Å². The predicted molar refractivity (Wildman–Crippen MR) is 170 cm³/mol. The van der Waals surface area contributed by atoms with Gasteiger partial charge >= 0.3 is 0 Å². The van der Waals surface area contributed by atoms with Crippen molar-refractivity contribution in [2.75, 3.05) is 13.2 Å². The molecular formula is C34H24F2N10O5. The van der Waals surface area contributed by atoms with Gasteiger partial charge in [0.2, 0.25) is 11.6 Å². The number of halogens is 2. The Bertz CT molecular complexity index is 2390. The van der Waals surface area contributed by atoms with E-state index in [9.17, 15) is 23.2 Å². The van der Waals surface area contributed by atoms with Crippen LogP contribution >= 0.6 is 0 Å². The summed E-state index contributed by atoms with van der Waals surface area (Å²) in [5, 5.41) is 34.3. The van der Waals surface area contributed by atoms with Gasteiger partial charge < -0.3 is 9.47 Å². The van der Waals surface area contributed by atoms with Crippen molar-refractivity contribution >= 4 is 17.9 Å². The van der Waals surface area contributed by atoms with E-state index in [0.717, 1.165) is 6.07 Å². The normalized spacial score (nSPS) is 12.5. The van der Waals surface area contributed by atoms with Gasteiger partial charge in [0.05, 0.1) is 37.0 Å². The molecule has 6 aromatic rings. The third-order valence-corrected chi connectivity index (χ3v) is 7.64. The molecule has 0 aliphatic carbocycles. The summed E-state index contributed by atoms with van der Waals surface area (Å²) in [7, 11) is 3.14. The summed E-state index contributed by atoms with van der Waals surface area (Å²) in [6, 6.07) is 17.3. The monoisotopic (exact) mass is 690 g/mol. The maximum absolute atomic E-state index is 13.8. The summed E-state index contributed by atoms with van der Waals surface area (Å²) in [6.07, 6.45) is 2.61. The predicted octanol–water partition coefficient (Wildman–Crippen LogP) is 3.55. The molecule has 0 atom stereocenters. The minimum Gasteiger partial charge on any atom is -0.346 e. The third-order valence-electron chi connectivity index (χ3n) is 7.64. The minimum atomic E-state index is -0.733. The first-order chi connectivity index (χ1) is 24.6. The average Bonchev–Trinajstić information content (AvgIpc) is 3.98. The molecule has 0 amide bonds. The van der Waals surface area contributed by atoms with Crippen LogP contribution in [0.4, 0.5) is 8.78 Å². The molecule has 1 fully saturated rings. The van der Waals surface area contributed by atoms with E-state index >= 15 is 0 Å². The lowest BCUT2D eigenvalue weighted by Gasteiger charge is -2.16. The number of carbonyl (C=O) groups excluding carboxylic acids is 3. The number of nitriles is 2. The molecule has 51 heavy (non-hydrogen) atoms. The first-order valence-corrected chi connectivity index (χ1v) is 15.0. The lowest BCUT2D eigenvalue weighted by Crippen LogP contribution is -2.14. The molecule has 0 bridgehead atoms. The number of carbonyl (C=O) groups is 3. The van der Waals surface area contributed by atoms with Crippen LogP contribution in [0.2, 0.25) is 0 Å². The van der Waals surface area contributed by atoms with Crippen molar-refractivity contribution in [2.24, 2.45) is 14.1 Å². The van der Waals surface area contributed by atoms with Gasteiger partial charge in [-0.3, -0.25) is 23.7 Å². The van der Waals surface area contributed by atoms with E-state index in [1.54, 1.807) is 14.1 Å². The Hall–Kier alpha value is -6.95. The SMILES string of the molecule is Cn1nc(C(=O)c2ccnn2-c2ccc(F)cc2C2OCCO2)cc1C#N.Cn1nc(C(=O)c2ccnn2-c2ccc(F)cc2C=O)cc1C#N. The van der Waals surface area contributed by atoms with Crippen molar-refractivity contribution < 1.29 is 32.6 Å². The maximum Gasteiger partial charge on any atom is 0.231 e. The second-order valence-electron chi connectivity index (χ2n) is 10.8. The highest BCUT2D eigenvalue weighted by molar-refractivity contribution is 6.07. The summed E-state index contributed by atoms with van der Waals surface area (Å²) < 4.78 is 43.3. The fourth-order valence-electron chi connectivity index (χ4n) is 5.22. The molecule has 4 aromatic heterocycles. The van der Waals surface area contributed by atoms with E-state index in [2.05, 4.69) is 20.4 Å². The van der Waals surface area contributed by atoms with Crippen molar-refractivity contribution in [1.82, 2.24) is 39.1 Å². The lowest BCUT2D eigenvalue weighted by molar-refractivity contribution is -0.0443. The highest BCUT2D eigenvalue weighted by Gasteiger charge is 2.26. The van der Waals surface area contributed by atoms with E-state index in [1.165, 1.54) is 85.7 Å². The van der Waals surface area contributed by atoms with Crippen LogP contribution in [0.5, 0.6) is 0 Å². The molecule has 15 nitrogen and oxygen atoms in total. The van der Waals surface area contributed by atoms with Crippen LogP contribution in [-0.2, 0) is 23.6 Å². The average molecular weight is 691 g/mol. The van der Waals surface area contributed by atoms with Gasteiger partial charge in [-0.2, -0.15) is 30.9 Å². The number of ketones is 2. The summed E-state index contributed by atoms with van der Waals surface area (Å²) >= 11 is 0. The molecule has 0 spiro atoms. The largest absolute Gasteiger partial charge is 0.346 e. The topological polar surface area (TPSA) is 189 Å². The van der Waals surface area contributed by atoms with Crippen LogP contribution < -0.4 is 0 Å². The zero-order valence-corrected chi connectivity index (χ0v) is 26.8. The number of hydrogen-bond acceptors (Lipinski definition) is 11. The Balaban J connectivity index is 0.000000177. The molecule has 0 N–H and O–H groups in total. The number of aryl methyl sites for hydroxylation is 2. The van der Waals surface area contributed by atoms with Crippen molar-refractivity contribution in [2.45, 2.75) is 6.29 Å². The second kappa shape index (κ2) is 14.3. The van der Waals surface area contributed by atoms with Gasteiger partial charge in [0.1, 0.15) is 57.9 Å². The van der Waals surface area contributed by atoms with Crippen molar-refractivity contribution in [1.29, 1.82) is 10.5 Å². The van der Waals surface area contributed by atoms with Crippen LogP contribution in [0.3, 0.4) is 0 Å². The van der Waals surface area contributed by atoms with E-state index in [4.69, 9.17) is 20.0 Å². The quantitative estimate of drug-likeness (QED) is 0.168. The van der Waals surface area contributed by atoms with E-state index < -0.39 is 29.5 Å². The molecule has 254 valence electrons.